The van der Waals surface area contributed by atoms with E-state index < -0.39 is 5.97 Å². The van der Waals surface area contributed by atoms with Crippen molar-refractivity contribution in [1.82, 2.24) is 0 Å². The van der Waals surface area contributed by atoms with Gasteiger partial charge in [-0.05, 0) is 37.1 Å². The van der Waals surface area contributed by atoms with Gasteiger partial charge in [0.25, 0.3) is 0 Å². The third-order valence-electron chi connectivity index (χ3n) is 2.80. The quantitative estimate of drug-likeness (QED) is 0.787. The molecule has 1 rings (SSSR count). The van der Waals surface area contributed by atoms with Crippen molar-refractivity contribution >= 4 is 17.4 Å². The number of ketones is 1. The van der Waals surface area contributed by atoms with Crippen LogP contribution >= 0.6 is 0 Å². The Hall–Kier alpha value is -1.84. The maximum atomic E-state index is 11.9. The van der Waals surface area contributed by atoms with Gasteiger partial charge in [0.1, 0.15) is 0 Å². The van der Waals surface area contributed by atoms with Gasteiger partial charge in [0.15, 0.2) is 5.78 Å². The highest BCUT2D eigenvalue weighted by Crippen LogP contribution is 2.20. The number of rotatable bonds is 6. The molecule has 18 heavy (non-hydrogen) atoms. The highest BCUT2D eigenvalue weighted by Gasteiger charge is 2.09. The first-order chi connectivity index (χ1) is 8.41. The maximum absolute atomic E-state index is 11.9. The van der Waals surface area contributed by atoms with Crippen LogP contribution in [0.2, 0.25) is 0 Å². The summed E-state index contributed by atoms with van der Waals surface area (Å²) in [5.74, 6) is -0.855. The van der Waals surface area contributed by atoms with Crippen molar-refractivity contribution in [1.29, 1.82) is 0 Å². The van der Waals surface area contributed by atoms with E-state index in [9.17, 15) is 9.59 Å². The van der Waals surface area contributed by atoms with E-state index in [0.717, 1.165) is 11.3 Å². The molecular formula is C14H19NO3. The predicted octanol–water partition coefficient (Wildman–Crippen LogP) is 2.50. The zero-order valence-corrected chi connectivity index (χ0v) is 11.1. The molecule has 0 amide bonds. The van der Waals surface area contributed by atoms with Gasteiger partial charge in [0, 0.05) is 38.2 Å². The monoisotopic (exact) mass is 249 g/mol. The van der Waals surface area contributed by atoms with E-state index >= 15 is 0 Å². The molecule has 0 aliphatic heterocycles. The Morgan fingerprint density at radius 3 is 2.39 bits per heavy atom. The maximum Gasteiger partial charge on any atom is 0.303 e. The first kappa shape index (κ1) is 14.2. The molecule has 0 aliphatic carbocycles. The summed E-state index contributed by atoms with van der Waals surface area (Å²) in [6, 6.07) is 5.57. The number of carbonyl (C=O) groups excluding carboxylic acids is 1. The summed E-state index contributed by atoms with van der Waals surface area (Å²) >= 11 is 0. The van der Waals surface area contributed by atoms with Gasteiger partial charge in [-0.2, -0.15) is 0 Å². The van der Waals surface area contributed by atoms with Crippen molar-refractivity contribution in [2.45, 2.75) is 26.2 Å². The van der Waals surface area contributed by atoms with E-state index in [1.54, 1.807) is 6.07 Å². The second kappa shape index (κ2) is 6.19. The van der Waals surface area contributed by atoms with Crippen molar-refractivity contribution in [3.8, 4) is 0 Å². The molecule has 1 aromatic carbocycles. The van der Waals surface area contributed by atoms with Gasteiger partial charge in [-0.15, -0.1) is 0 Å². The molecule has 0 fully saturated rings. The number of aliphatic carboxylic acids is 1. The highest BCUT2D eigenvalue weighted by molar-refractivity contribution is 5.96. The Bertz CT molecular complexity index is 452. The number of benzene rings is 1. The molecule has 0 aliphatic rings. The Morgan fingerprint density at radius 2 is 1.89 bits per heavy atom. The van der Waals surface area contributed by atoms with Crippen LogP contribution in [-0.2, 0) is 4.79 Å². The zero-order valence-electron chi connectivity index (χ0n) is 11.1. The lowest BCUT2D eigenvalue weighted by Crippen LogP contribution is -2.11. The average molecular weight is 249 g/mol. The third-order valence-corrected chi connectivity index (χ3v) is 2.80. The smallest absolute Gasteiger partial charge is 0.303 e. The summed E-state index contributed by atoms with van der Waals surface area (Å²) in [6.45, 7) is 1.96. The van der Waals surface area contributed by atoms with Crippen LogP contribution in [0.1, 0.15) is 35.2 Å². The first-order valence-electron chi connectivity index (χ1n) is 5.95. The molecule has 0 spiro atoms. The largest absolute Gasteiger partial charge is 0.481 e. The van der Waals surface area contributed by atoms with Crippen LogP contribution < -0.4 is 4.90 Å². The van der Waals surface area contributed by atoms with Gasteiger partial charge in [0.2, 0.25) is 0 Å². The Balaban J connectivity index is 2.69. The fourth-order valence-corrected chi connectivity index (χ4v) is 1.88. The number of hydrogen-bond donors (Lipinski definition) is 1. The van der Waals surface area contributed by atoms with E-state index in [-0.39, 0.29) is 18.6 Å². The lowest BCUT2D eigenvalue weighted by molar-refractivity contribution is -0.137. The van der Waals surface area contributed by atoms with Gasteiger partial charge in [-0.3, -0.25) is 9.59 Å². The van der Waals surface area contributed by atoms with E-state index in [2.05, 4.69) is 0 Å². The van der Waals surface area contributed by atoms with Crippen molar-refractivity contribution in [2.75, 3.05) is 19.0 Å². The number of nitrogens with zero attached hydrogens (tertiary/aromatic N) is 1. The lowest BCUT2D eigenvalue weighted by atomic mass is 10.0. The second-order valence-electron chi connectivity index (χ2n) is 4.57. The third kappa shape index (κ3) is 3.87. The molecule has 1 aromatic rings. The van der Waals surface area contributed by atoms with Crippen molar-refractivity contribution in [3.05, 3.63) is 29.3 Å². The van der Waals surface area contributed by atoms with E-state index in [4.69, 9.17) is 5.11 Å². The SMILES string of the molecule is Cc1cc(C(=O)CCCC(=O)O)ccc1N(C)C. The summed E-state index contributed by atoms with van der Waals surface area (Å²) in [5, 5.41) is 8.52. The summed E-state index contributed by atoms with van der Waals surface area (Å²) in [6.07, 6.45) is 0.718. The first-order valence-corrected chi connectivity index (χ1v) is 5.95. The Labute approximate surface area is 107 Å². The number of carboxylic acid groups (broad SMARTS) is 1. The van der Waals surface area contributed by atoms with Crippen LogP contribution in [0.5, 0.6) is 0 Å². The minimum atomic E-state index is -0.859. The van der Waals surface area contributed by atoms with E-state index in [1.807, 2.05) is 38.1 Å². The molecule has 0 radical (unpaired) electrons. The molecular weight excluding hydrogens is 230 g/mol. The number of Topliss-reactive ketones (excluding diaryl/α,β-unsaturated/α-hetero) is 1. The average Bonchev–Trinajstić information content (AvgIpc) is 2.27. The van der Waals surface area contributed by atoms with Gasteiger partial charge >= 0.3 is 5.97 Å². The van der Waals surface area contributed by atoms with Crippen LogP contribution in [-0.4, -0.2) is 31.0 Å². The van der Waals surface area contributed by atoms with E-state index in [1.165, 1.54) is 0 Å². The fourth-order valence-electron chi connectivity index (χ4n) is 1.88. The van der Waals surface area contributed by atoms with Crippen molar-refractivity contribution in [3.63, 3.8) is 0 Å². The molecule has 0 atom stereocenters. The molecule has 0 heterocycles. The van der Waals surface area contributed by atoms with Gasteiger partial charge in [-0.1, -0.05) is 0 Å². The minimum absolute atomic E-state index is 0.00431. The van der Waals surface area contributed by atoms with Gasteiger partial charge in [0.05, 0.1) is 0 Å². The molecule has 4 nitrogen and oxygen atoms in total. The Kier molecular flexibility index (Phi) is 4.89. The van der Waals surface area contributed by atoms with Crippen LogP contribution in [0.25, 0.3) is 0 Å². The molecule has 0 saturated heterocycles. The Morgan fingerprint density at radius 1 is 1.22 bits per heavy atom. The van der Waals surface area contributed by atoms with E-state index in [0.29, 0.717) is 12.0 Å². The molecule has 0 saturated carbocycles. The zero-order chi connectivity index (χ0) is 13.7. The van der Waals surface area contributed by atoms with Crippen LogP contribution in [0, 0.1) is 6.92 Å². The summed E-state index contributed by atoms with van der Waals surface area (Å²) < 4.78 is 0. The van der Waals surface area contributed by atoms with Gasteiger partial charge < -0.3 is 10.0 Å². The number of carbonyl (C=O) groups is 2. The van der Waals surface area contributed by atoms with Crippen molar-refractivity contribution in [2.24, 2.45) is 0 Å². The normalized spacial score (nSPS) is 10.2. The molecule has 4 heteroatoms. The number of aryl methyl sites for hydroxylation is 1. The summed E-state index contributed by atoms with van der Waals surface area (Å²) in [5.41, 5.74) is 2.78. The summed E-state index contributed by atoms with van der Waals surface area (Å²) in [4.78, 5) is 24.2. The standard InChI is InChI=1S/C14H19NO3/c1-10-9-11(7-8-12(10)15(2)3)13(16)5-4-6-14(17)18/h7-9H,4-6H2,1-3H3,(H,17,18). The number of anilines is 1. The fraction of sp³-hybridized carbons (Fsp3) is 0.429. The topological polar surface area (TPSA) is 57.6 Å². The highest BCUT2D eigenvalue weighted by atomic mass is 16.4. The van der Waals surface area contributed by atoms with Crippen LogP contribution in [0.15, 0.2) is 18.2 Å². The minimum Gasteiger partial charge on any atom is -0.481 e. The molecule has 0 bridgehead atoms. The van der Waals surface area contributed by atoms with Crippen molar-refractivity contribution < 1.29 is 14.7 Å². The molecule has 98 valence electrons. The van der Waals surface area contributed by atoms with Crippen LogP contribution in [0.4, 0.5) is 5.69 Å². The molecule has 0 unspecified atom stereocenters. The number of hydrogen-bond acceptors (Lipinski definition) is 3. The van der Waals surface area contributed by atoms with Gasteiger partial charge in [-0.25, -0.2) is 0 Å². The van der Waals surface area contributed by atoms with Crippen LogP contribution in [0.3, 0.4) is 0 Å². The second-order valence-corrected chi connectivity index (χ2v) is 4.57. The lowest BCUT2D eigenvalue weighted by Gasteiger charge is -2.16. The summed E-state index contributed by atoms with van der Waals surface area (Å²) in [7, 11) is 3.91. The molecule has 0 aromatic heterocycles. The molecule has 1 N–H and O–H groups in total. The number of carboxylic acids is 1. The predicted molar refractivity (Wildman–Crippen MR) is 71.3 cm³/mol.